The summed E-state index contributed by atoms with van der Waals surface area (Å²) in [5.41, 5.74) is 4.55. The normalized spacial score (nSPS) is 11.2. The molecule has 4 aromatic carbocycles. The lowest BCUT2D eigenvalue weighted by Gasteiger charge is -2.09. The minimum Gasteiger partial charge on any atom is -0.268 e. The molecule has 0 aliphatic heterocycles. The second-order valence-corrected chi connectivity index (χ2v) is 8.39. The summed E-state index contributed by atoms with van der Waals surface area (Å²) in [5, 5.41) is 1.12. The van der Waals surface area contributed by atoms with E-state index in [1.54, 1.807) is 21.8 Å². The molecule has 6 nitrogen and oxygen atoms in total. The van der Waals surface area contributed by atoms with Gasteiger partial charge < -0.3 is 0 Å². The van der Waals surface area contributed by atoms with E-state index in [0.29, 0.717) is 28.2 Å². The zero-order valence-corrected chi connectivity index (χ0v) is 18.7. The van der Waals surface area contributed by atoms with Crippen LogP contribution < -0.4 is 11.1 Å². The maximum atomic E-state index is 13.2. The molecule has 0 bridgehead atoms. The maximum absolute atomic E-state index is 13.2. The molecule has 0 spiro atoms. The Kier molecular flexibility index (Phi) is 5.04. The summed E-state index contributed by atoms with van der Waals surface area (Å²) in [6.07, 6.45) is 3.70. The summed E-state index contributed by atoms with van der Waals surface area (Å²) in [4.78, 5) is 35.3. The first kappa shape index (κ1) is 20.7. The smallest absolute Gasteiger partial charge is 0.265 e. The Morgan fingerprint density at radius 2 is 0.971 bits per heavy atom. The Balaban J connectivity index is 1.40. The van der Waals surface area contributed by atoms with Crippen LogP contribution in [0.4, 0.5) is 0 Å². The SMILES string of the molecule is O=c1c2cc(Cc3ccc4ncn(-c5ccccc5)c(=O)c4c3)ccc2ncn1-c1ccccc1. The van der Waals surface area contributed by atoms with E-state index >= 15 is 0 Å². The average molecular weight is 457 g/mol. The van der Waals surface area contributed by atoms with E-state index in [1.165, 1.54) is 0 Å². The van der Waals surface area contributed by atoms with Crippen LogP contribution in [-0.4, -0.2) is 19.1 Å². The van der Waals surface area contributed by atoms with Crippen LogP contribution in [0, 0.1) is 0 Å². The summed E-state index contributed by atoms with van der Waals surface area (Å²) in [6.45, 7) is 0. The van der Waals surface area contributed by atoms with E-state index in [9.17, 15) is 9.59 Å². The predicted octanol–water partition coefficient (Wildman–Crippen LogP) is 4.68. The zero-order chi connectivity index (χ0) is 23.8. The van der Waals surface area contributed by atoms with E-state index in [4.69, 9.17) is 0 Å². The van der Waals surface area contributed by atoms with Gasteiger partial charge in [-0.15, -0.1) is 0 Å². The third-order valence-electron chi connectivity index (χ3n) is 6.12. The maximum Gasteiger partial charge on any atom is 0.265 e. The van der Waals surface area contributed by atoms with Crippen molar-refractivity contribution in [2.75, 3.05) is 0 Å². The summed E-state index contributed by atoms with van der Waals surface area (Å²) in [6, 6.07) is 30.4. The lowest BCUT2D eigenvalue weighted by Crippen LogP contribution is -2.19. The van der Waals surface area contributed by atoms with Gasteiger partial charge in [-0.05, 0) is 66.1 Å². The lowest BCUT2D eigenvalue weighted by atomic mass is 10.0. The zero-order valence-electron chi connectivity index (χ0n) is 18.7. The number of hydrogen-bond donors (Lipinski definition) is 0. The van der Waals surface area contributed by atoms with Gasteiger partial charge in [0.1, 0.15) is 12.7 Å². The molecule has 2 aromatic heterocycles. The van der Waals surface area contributed by atoms with Crippen LogP contribution >= 0.6 is 0 Å². The molecule has 0 atom stereocenters. The highest BCUT2D eigenvalue weighted by molar-refractivity contribution is 5.80. The molecule has 6 rings (SSSR count). The molecule has 0 aliphatic carbocycles. The monoisotopic (exact) mass is 456 g/mol. The third-order valence-corrected chi connectivity index (χ3v) is 6.12. The fourth-order valence-electron chi connectivity index (χ4n) is 4.34. The quantitative estimate of drug-likeness (QED) is 0.386. The Morgan fingerprint density at radius 1 is 0.543 bits per heavy atom. The van der Waals surface area contributed by atoms with Gasteiger partial charge >= 0.3 is 0 Å². The molecule has 0 aliphatic rings. The van der Waals surface area contributed by atoms with Gasteiger partial charge in [0, 0.05) is 0 Å². The fraction of sp³-hybridized carbons (Fsp3) is 0.0345. The first-order chi connectivity index (χ1) is 17.2. The van der Waals surface area contributed by atoms with Gasteiger partial charge in [0.15, 0.2) is 0 Å². The van der Waals surface area contributed by atoms with Crippen molar-refractivity contribution in [3.63, 3.8) is 0 Å². The first-order valence-corrected chi connectivity index (χ1v) is 11.3. The summed E-state index contributed by atoms with van der Waals surface area (Å²) >= 11 is 0. The molecular formula is C29H20N4O2. The molecule has 0 unspecified atom stereocenters. The third kappa shape index (κ3) is 3.81. The van der Waals surface area contributed by atoms with E-state index in [2.05, 4.69) is 9.97 Å². The van der Waals surface area contributed by atoms with Crippen molar-refractivity contribution in [2.45, 2.75) is 6.42 Å². The van der Waals surface area contributed by atoms with Crippen LogP contribution in [-0.2, 0) is 6.42 Å². The number of benzene rings is 4. The second-order valence-electron chi connectivity index (χ2n) is 8.39. The number of rotatable bonds is 4. The molecule has 0 amide bonds. The number of aromatic nitrogens is 4. The van der Waals surface area contributed by atoms with Gasteiger partial charge in [-0.25, -0.2) is 9.97 Å². The van der Waals surface area contributed by atoms with Crippen LogP contribution in [0.5, 0.6) is 0 Å². The molecule has 0 radical (unpaired) electrons. The van der Waals surface area contributed by atoms with Crippen LogP contribution in [0.1, 0.15) is 11.1 Å². The largest absolute Gasteiger partial charge is 0.268 e. The molecule has 0 fully saturated rings. The molecule has 35 heavy (non-hydrogen) atoms. The van der Waals surface area contributed by atoms with E-state index in [0.717, 1.165) is 22.5 Å². The van der Waals surface area contributed by atoms with Crippen LogP contribution in [0.2, 0.25) is 0 Å². The summed E-state index contributed by atoms with van der Waals surface area (Å²) < 4.78 is 3.11. The summed E-state index contributed by atoms with van der Waals surface area (Å²) in [7, 11) is 0. The Morgan fingerprint density at radius 3 is 1.40 bits per heavy atom. The number of fused-ring (bicyclic) bond motifs is 2. The Labute approximate surface area is 200 Å². The molecule has 168 valence electrons. The number of hydrogen-bond acceptors (Lipinski definition) is 4. The number of para-hydroxylation sites is 2. The van der Waals surface area contributed by atoms with E-state index in [1.807, 2.05) is 97.1 Å². The topological polar surface area (TPSA) is 69.8 Å². The van der Waals surface area contributed by atoms with Crippen molar-refractivity contribution in [3.8, 4) is 11.4 Å². The van der Waals surface area contributed by atoms with Crippen molar-refractivity contribution >= 4 is 21.8 Å². The van der Waals surface area contributed by atoms with Gasteiger partial charge in [0.2, 0.25) is 0 Å². The molecule has 6 aromatic rings. The average Bonchev–Trinajstić information content (AvgIpc) is 2.91. The highest BCUT2D eigenvalue weighted by Gasteiger charge is 2.10. The van der Waals surface area contributed by atoms with Crippen molar-refractivity contribution in [1.29, 1.82) is 0 Å². The van der Waals surface area contributed by atoms with Crippen LogP contribution in [0.3, 0.4) is 0 Å². The van der Waals surface area contributed by atoms with Crippen LogP contribution in [0.15, 0.2) is 119 Å². The number of nitrogens with zero attached hydrogens (tertiary/aromatic N) is 4. The van der Waals surface area contributed by atoms with Crippen molar-refractivity contribution in [3.05, 3.63) is 142 Å². The Bertz CT molecular complexity index is 1670. The highest BCUT2D eigenvalue weighted by atomic mass is 16.1. The molecule has 2 heterocycles. The van der Waals surface area contributed by atoms with E-state index < -0.39 is 0 Å². The molecule has 0 saturated heterocycles. The highest BCUT2D eigenvalue weighted by Crippen LogP contribution is 2.18. The lowest BCUT2D eigenvalue weighted by molar-refractivity contribution is 0.961. The van der Waals surface area contributed by atoms with Crippen molar-refractivity contribution < 1.29 is 0 Å². The van der Waals surface area contributed by atoms with Crippen LogP contribution in [0.25, 0.3) is 33.2 Å². The molecule has 0 saturated carbocycles. The van der Waals surface area contributed by atoms with Crippen molar-refractivity contribution in [2.24, 2.45) is 0 Å². The van der Waals surface area contributed by atoms with Gasteiger partial charge in [-0.3, -0.25) is 18.7 Å². The first-order valence-electron chi connectivity index (χ1n) is 11.3. The molecule has 6 heteroatoms. The minimum absolute atomic E-state index is 0.114. The standard InChI is InChI=1S/C29H20N4O2/c34-28-24-16-20(11-13-26(24)30-18-32(28)22-7-3-1-4-8-22)15-21-12-14-27-25(17-21)29(35)33(19-31-27)23-9-5-2-6-10-23/h1-14,16-19H,15H2. The van der Waals surface area contributed by atoms with Gasteiger partial charge in [-0.1, -0.05) is 48.5 Å². The van der Waals surface area contributed by atoms with E-state index in [-0.39, 0.29) is 11.1 Å². The summed E-state index contributed by atoms with van der Waals surface area (Å²) in [5.74, 6) is 0. The van der Waals surface area contributed by atoms with Gasteiger partial charge in [0.25, 0.3) is 11.1 Å². The van der Waals surface area contributed by atoms with Gasteiger partial charge in [0.05, 0.1) is 33.2 Å². The fourth-order valence-corrected chi connectivity index (χ4v) is 4.34. The Hall–Kier alpha value is -4.84. The van der Waals surface area contributed by atoms with Gasteiger partial charge in [-0.2, -0.15) is 0 Å². The second kappa shape index (κ2) is 8.50. The predicted molar refractivity (Wildman–Crippen MR) is 137 cm³/mol. The molecule has 0 N–H and O–H groups in total. The molecular weight excluding hydrogens is 436 g/mol. The minimum atomic E-state index is -0.114. The van der Waals surface area contributed by atoms with Crippen molar-refractivity contribution in [1.82, 2.24) is 19.1 Å².